The van der Waals surface area contributed by atoms with Gasteiger partial charge >= 0.3 is 5.97 Å². The minimum absolute atomic E-state index is 0.00858. The van der Waals surface area contributed by atoms with Gasteiger partial charge in [0.15, 0.2) is 5.16 Å². The van der Waals surface area contributed by atoms with Crippen molar-refractivity contribution in [3.05, 3.63) is 22.9 Å². The second-order valence-electron chi connectivity index (χ2n) is 15.6. The van der Waals surface area contributed by atoms with Crippen LogP contribution in [0.25, 0.3) is 0 Å². The summed E-state index contributed by atoms with van der Waals surface area (Å²) in [6.07, 6.45) is 10.8. The number of ether oxygens (including phenoxy) is 1. The molecule has 6 heteroatoms. The molecule has 5 nitrogen and oxygen atoms in total. The van der Waals surface area contributed by atoms with E-state index in [0.717, 1.165) is 56.2 Å². The highest BCUT2D eigenvalue weighted by molar-refractivity contribution is 7.80. The molecule has 1 aromatic heterocycles. The summed E-state index contributed by atoms with van der Waals surface area (Å²) < 4.78 is 5.82. The summed E-state index contributed by atoms with van der Waals surface area (Å²) in [5.74, 6) is 2.41. The summed E-state index contributed by atoms with van der Waals surface area (Å²) >= 11 is 4.42. The molecule has 3 fully saturated rings. The Kier molecular flexibility index (Phi) is 6.40. The van der Waals surface area contributed by atoms with Gasteiger partial charge in [0, 0.05) is 11.0 Å². The molecule has 0 bridgehead atoms. The van der Waals surface area contributed by atoms with Crippen LogP contribution in [0.1, 0.15) is 112 Å². The van der Waals surface area contributed by atoms with E-state index in [1.807, 2.05) is 6.92 Å². The number of hydrogen-bond donors (Lipinski definition) is 2. The van der Waals surface area contributed by atoms with Crippen LogP contribution in [0.15, 0.2) is 16.8 Å². The number of esters is 1. The third-order valence-electron chi connectivity index (χ3n) is 13.9. The van der Waals surface area contributed by atoms with Crippen LogP contribution >= 0.6 is 12.6 Å². The number of carbonyl (C=O) groups excluding carboxylic acids is 1. The summed E-state index contributed by atoms with van der Waals surface area (Å²) in [5.41, 5.74) is 3.07. The first kappa shape index (κ1) is 28.6. The Bertz CT molecular complexity index is 1280. The summed E-state index contributed by atoms with van der Waals surface area (Å²) in [4.78, 5) is 22.8. The predicted molar refractivity (Wildman–Crippen MR) is 160 cm³/mol. The molecule has 220 valence electrons. The Balaban J connectivity index is 1.47. The molecule has 40 heavy (non-hydrogen) atoms. The summed E-state index contributed by atoms with van der Waals surface area (Å²) in [6, 6.07) is 0. The molecular formula is C34H50N2O3S. The first-order chi connectivity index (χ1) is 18.7. The summed E-state index contributed by atoms with van der Waals surface area (Å²) in [7, 11) is 0. The number of allylic oxidation sites excluding steroid dienone is 2. The lowest BCUT2D eigenvalue weighted by atomic mass is 9.33. The van der Waals surface area contributed by atoms with Crippen molar-refractivity contribution >= 4 is 18.6 Å². The maximum absolute atomic E-state index is 13.7. The quantitative estimate of drug-likeness (QED) is 0.166. The Morgan fingerprint density at radius 3 is 2.48 bits per heavy atom. The van der Waals surface area contributed by atoms with Gasteiger partial charge in [-0.2, -0.15) is 4.98 Å². The highest BCUT2D eigenvalue weighted by Crippen LogP contribution is 2.75. The Labute approximate surface area is 246 Å². The van der Waals surface area contributed by atoms with Crippen LogP contribution in [0.3, 0.4) is 0 Å². The zero-order valence-corrected chi connectivity index (χ0v) is 26.8. The van der Waals surface area contributed by atoms with Gasteiger partial charge in [-0.05, 0) is 104 Å². The van der Waals surface area contributed by atoms with E-state index < -0.39 is 0 Å². The molecule has 9 unspecified atom stereocenters. The summed E-state index contributed by atoms with van der Waals surface area (Å²) in [5, 5.41) is 11.4. The molecule has 6 rings (SSSR count). The second-order valence-corrected chi connectivity index (χ2v) is 16.0. The van der Waals surface area contributed by atoms with Gasteiger partial charge in [-0.15, -0.1) is 12.6 Å². The maximum atomic E-state index is 13.7. The number of thiol groups is 1. The molecule has 0 radical (unpaired) electrons. The smallest absolute Gasteiger partial charge is 0.312 e. The highest BCUT2D eigenvalue weighted by atomic mass is 32.1. The van der Waals surface area contributed by atoms with Crippen LogP contribution in [-0.4, -0.2) is 27.7 Å². The largest absolute Gasteiger partial charge is 0.493 e. The van der Waals surface area contributed by atoms with Gasteiger partial charge in [-0.1, -0.05) is 60.1 Å². The SMILES string of the molecule is CCOC(=O)C12CCC(C)C(C)C1C1=CCC3C4(C)Cc5c(O)nc(S)nc5C(C)(C)C4CCC3(C)C1(C)CC2. The zero-order chi connectivity index (χ0) is 29.0. The van der Waals surface area contributed by atoms with Gasteiger partial charge in [-0.3, -0.25) is 4.79 Å². The Hall–Kier alpha value is -1.56. The monoisotopic (exact) mass is 566 g/mol. The van der Waals surface area contributed by atoms with E-state index in [0.29, 0.717) is 35.4 Å². The highest BCUT2D eigenvalue weighted by Gasteiger charge is 2.69. The van der Waals surface area contributed by atoms with Crippen molar-refractivity contribution in [2.24, 2.45) is 51.2 Å². The standard InChI is InChI=1S/C34H50N2O3S/c1-9-39-28(38)34-15-12-19(2)20(3)25(34)22-10-11-24-31(6)18-21-26(35-29(40)36-27(21)37)30(4,5)23(31)13-14-33(24,8)32(22,7)16-17-34/h10,19-20,23-25H,9,11-18H2,1-8H3,(H2,35,36,37,40). The molecule has 9 atom stereocenters. The molecule has 0 aromatic carbocycles. The van der Waals surface area contributed by atoms with Crippen molar-refractivity contribution in [3.8, 4) is 5.88 Å². The van der Waals surface area contributed by atoms with Crippen molar-refractivity contribution in [3.63, 3.8) is 0 Å². The van der Waals surface area contributed by atoms with Crippen LogP contribution in [0.5, 0.6) is 5.88 Å². The lowest BCUT2D eigenvalue weighted by Gasteiger charge is -2.70. The van der Waals surface area contributed by atoms with Crippen molar-refractivity contribution in [1.82, 2.24) is 9.97 Å². The van der Waals surface area contributed by atoms with Gasteiger partial charge in [0.1, 0.15) is 0 Å². The van der Waals surface area contributed by atoms with E-state index in [2.05, 4.69) is 72.2 Å². The number of nitrogens with zero attached hydrogens (tertiary/aromatic N) is 2. The van der Waals surface area contributed by atoms with E-state index in [1.54, 1.807) is 5.57 Å². The molecule has 0 spiro atoms. The van der Waals surface area contributed by atoms with Crippen molar-refractivity contribution in [2.45, 2.75) is 117 Å². The lowest BCUT2D eigenvalue weighted by molar-refractivity contribution is -0.183. The minimum Gasteiger partial charge on any atom is -0.493 e. The van der Waals surface area contributed by atoms with Crippen molar-refractivity contribution in [2.75, 3.05) is 6.61 Å². The molecule has 1 N–H and O–H groups in total. The average Bonchev–Trinajstić information content (AvgIpc) is 2.87. The van der Waals surface area contributed by atoms with E-state index in [-0.39, 0.29) is 44.8 Å². The number of aromatic hydroxyl groups is 1. The molecule has 5 aliphatic carbocycles. The fraction of sp³-hybridized carbons (Fsp3) is 0.794. The van der Waals surface area contributed by atoms with Gasteiger partial charge in [-0.25, -0.2) is 4.98 Å². The molecule has 0 aliphatic heterocycles. The summed E-state index contributed by atoms with van der Waals surface area (Å²) in [6.45, 7) is 19.5. The molecule has 1 aromatic rings. The van der Waals surface area contributed by atoms with Crippen molar-refractivity contribution < 1.29 is 14.6 Å². The molecule has 1 heterocycles. The third kappa shape index (κ3) is 3.43. The topological polar surface area (TPSA) is 72.3 Å². The Morgan fingerprint density at radius 1 is 1.05 bits per heavy atom. The Morgan fingerprint density at radius 2 is 1.77 bits per heavy atom. The number of hydrogen-bond acceptors (Lipinski definition) is 6. The van der Waals surface area contributed by atoms with E-state index >= 15 is 0 Å². The van der Waals surface area contributed by atoms with Crippen LogP contribution in [-0.2, 0) is 21.4 Å². The third-order valence-corrected chi connectivity index (χ3v) is 14.1. The fourth-order valence-corrected chi connectivity index (χ4v) is 11.8. The molecule has 5 aliphatic rings. The maximum Gasteiger partial charge on any atom is 0.312 e. The molecular weight excluding hydrogens is 516 g/mol. The minimum atomic E-state index is -0.378. The molecule has 3 saturated carbocycles. The number of aromatic nitrogens is 2. The number of rotatable bonds is 2. The fourth-order valence-electron chi connectivity index (χ4n) is 11.6. The van der Waals surface area contributed by atoms with E-state index in [9.17, 15) is 9.90 Å². The first-order valence-corrected chi connectivity index (χ1v) is 16.3. The van der Waals surface area contributed by atoms with Crippen LogP contribution in [0.2, 0.25) is 0 Å². The van der Waals surface area contributed by atoms with Gasteiger partial charge in [0.25, 0.3) is 0 Å². The average molecular weight is 567 g/mol. The van der Waals surface area contributed by atoms with Gasteiger partial charge in [0.2, 0.25) is 5.88 Å². The van der Waals surface area contributed by atoms with Crippen LogP contribution in [0.4, 0.5) is 0 Å². The van der Waals surface area contributed by atoms with E-state index in [4.69, 9.17) is 9.72 Å². The predicted octanol–water partition coefficient (Wildman–Crippen LogP) is 7.71. The van der Waals surface area contributed by atoms with E-state index in [1.165, 1.54) is 6.42 Å². The first-order valence-electron chi connectivity index (χ1n) is 15.8. The van der Waals surface area contributed by atoms with Crippen LogP contribution < -0.4 is 0 Å². The van der Waals surface area contributed by atoms with Crippen molar-refractivity contribution in [1.29, 1.82) is 0 Å². The lowest BCUT2D eigenvalue weighted by Crippen LogP contribution is -2.65. The zero-order valence-electron chi connectivity index (χ0n) is 25.9. The molecule has 0 saturated heterocycles. The van der Waals surface area contributed by atoms with Gasteiger partial charge < -0.3 is 9.84 Å². The molecule has 0 amide bonds. The van der Waals surface area contributed by atoms with Gasteiger partial charge in [0.05, 0.1) is 17.7 Å². The number of fused-ring (bicyclic) bond motifs is 8. The second kappa shape index (κ2) is 8.97. The number of carbonyl (C=O) groups is 1. The normalized spacial score (nSPS) is 45.1. The van der Waals surface area contributed by atoms with Crippen LogP contribution in [0, 0.1) is 51.2 Å².